The molecule has 0 spiro atoms. The molecule has 1 amide bonds. The van der Waals surface area contributed by atoms with Crippen LogP contribution < -0.4 is 4.74 Å². The maximum atomic E-state index is 13.1. The van der Waals surface area contributed by atoms with E-state index in [9.17, 15) is 4.79 Å². The summed E-state index contributed by atoms with van der Waals surface area (Å²) < 4.78 is 11.6. The molecule has 7 heteroatoms. The molecule has 3 aromatic rings. The highest BCUT2D eigenvalue weighted by atomic mass is 35.5. The number of carbonyl (C=O) groups excluding carboxylic acids is 1. The van der Waals surface area contributed by atoms with Crippen LogP contribution in [-0.2, 0) is 11.2 Å². The summed E-state index contributed by atoms with van der Waals surface area (Å²) in [5, 5.41) is 1.79. The zero-order chi connectivity index (χ0) is 25.1. The number of halogens is 1. The lowest BCUT2D eigenvalue weighted by Gasteiger charge is -2.35. The van der Waals surface area contributed by atoms with Crippen molar-refractivity contribution in [2.45, 2.75) is 31.7 Å². The Balaban J connectivity index is 1.41. The SMILES string of the molecule is C#CCCOC(=O)N1CCc2c([nH]c3ccc(Cl)cc23)C1c1ccc(OCC2CCCN(C)C2)cc1. The fraction of sp³-hybridized carbons (Fsp3) is 0.414. The highest BCUT2D eigenvalue weighted by molar-refractivity contribution is 6.31. The zero-order valence-corrected chi connectivity index (χ0v) is 21.4. The Labute approximate surface area is 217 Å². The van der Waals surface area contributed by atoms with Crippen LogP contribution in [0.5, 0.6) is 5.75 Å². The maximum absolute atomic E-state index is 13.1. The molecule has 2 aliphatic rings. The van der Waals surface area contributed by atoms with Crippen LogP contribution in [0.4, 0.5) is 4.79 Å². The van der Waals surface area contributed by atoms with Crippen molar-refractivity contribution in [2.24, 2.45) is 5.92 Å². The molecule has 2 aromatic carbocycles. The minimum Gasteiger partial charge on any atom is -0.493 e. The number of benzene rings is 2. The number of hydrogen-bond donors (Lipinski definition) is 1. The molecule has 3 heterocycles. The molecule has 0 saturated carbocycles. The molecule has 1 saturated heterocycles. The number of H-pyrrole nitrogens is 1. The van der Waals surface area contributed by atoms with Crippen LogP contribution in [0.1, 0.15) is 42.1 Å². The van der Waals surface area contributed by atoms with E-state index in [-0.39, 0.29) is 18.7 Å². The number of hydrogen-bond acceptors (Lipinski definition) is 4. The van der Waals surface area contributed by atoms with Gasteiger partial charge in [-0.2, -0.15) is 0 Å². The average molecular weight is 506 g/mol. The number of amides is 1. The van der Waals surface area contributed by atoms with Gasteiger partial charge >= 0.3 is 6.09 Å². The number of rotatable bonds is 6. The quantitative estimate of drug-likeness (QED) is 0.347. The van der Waals surface area contributed by atoms with Crippen molar-refractivity contribution >= 4 is 28.6 Å². The summed E-state index contributed by atoms with van der Waals surface area (Å²) in [6.45, 7) is 3.70. The van der Waals surface area contributed by atoms with Crippen molar-refractivity contribution in [2.75, 3.05) is 39.9 Å². The molecule has 1 fully saturated rings. The van der Waals surface area contributed by atoms with Gasteiger partial charge in [-0.05, 0) is 74.3 Å². The number of nitrogens with one attached hydrogen (secondary N) is 1. The zero-order valence-electron chi connectivity index (χ0n) is 20.6. The van der Waals surface area contributed by atoms with Gasteiger partial charge in [-0.1, -0.05) is 23.7 Å². The molecule has 2 atom stereocenters. The molecule has 1 aromatic heterocycles. The van der Waals surface area contributed by atoms with Crippen molar-refractivity contribution in [1.82, 2.24) is 14.8 Å². The van der Waals surface area contributed by atoms with E-state index in [0.717, 1.165) is 41.0 Å². The summed E-state index contributed by atoms with van der Waals surface area (Å²) in [4.78, 5) is 20.8. The van der Waals surface area contributed by atoms with Crippen molar-refractivity contribution in [1.29, 1.82) is 0 Å². The fourth-order valence-corrected chi connectivity index (χ4v) is 5.63. The molecule has 0 bridgehead atoms. The molecular formula is C29H32ClN3O3. The standard InChI is InChI=1S/C29H32ClN3O3/c1-3-4-16-35-29(34)33-15-13-24-25-17-22(30)9-12-26(25)31-27(24)28(33)21-7-10-23(11-8-21)36-19-20-6-5-14-32(2)18-20/h1,7-12,17,20,28,31H,4-6,13-16,18-19H2,2H3. The summed E-state index contributed by atoms with van der Waals surface area (Å²) in [5.74, 6) is 3.91. The Hall–Kier alpha value is -3.14. The predicted octanol–water partition coefficient (Wildman–Crippen LogP) is 5.65. The van der Waals surface area contributed by atoms with Gasteiger partial charge in [0.05, 0.1) is 6.61 Å². The predicted molar refractivity (Wildman–Crippen MR) is 143 cm³/mol. The summed E-state index contributed by atoms with van der Waals surface area (Å²) in [6, 6.07) is 13.6. The lowest BCUT2D eigenvalue weighted by Crippen LogP contribution is -2.41. The molecular weight excluding hydrogens is 474 g/mol. The van der Waals surface area contributed by atoms with Gasteiger partial charge in [-0.3, -0.25) is 4.90 Å². The molecule has 2 unspecified atom stereocenters. The van der Waals surface area contributed by atoms with Crippen LogP contribution in [0.15, 0.2) is 42.5 Å². The van der Waals surface area contributed by atoms with E-state index in [2.05, 4.69) is 22.9 Å². The topological polar surface area (TPSA) is 57.8 Å². The Kier molecular flexibility index (Phi) is 7.41. The number of aromatic nitrogens is 1. The van der Waals surface area contributed by atoms with E-state index < -0.39 is 0 Å². The van der Waals surface area contributed by atoms with E-state index in [4.69, 9.17) is 27.5 Å². The van der Waals surface area contributed by atoms with E-state index in [1.54, 1.807) is 4.90 Å². The number of aromatic amines is 1. The first-order valence-corrected chi connectivity index (χ1v) is 13.0. The lowest BCUT2D eigenvalue weighted by molar-refractivity contribution is 0.0906. The molecule has 1 N–H and O–H groups in total. The highest BCUT2D eigenvalue weighted by Crippen LogP contribution is 2.39. The van der Waals surface area contributed by atoms with Gasteiger partial charge in [0.2, 0.25) is 0 Å². The molecule has 36 heavy (non-hydrogen) atoms. The van der Waals surface area contributed by atoms with Gasteiger partial charge in [0.25, 0.3) is 0 Å². The normalized spacial score (nSPS) is 20.1. The van der Waals surface area contributed by atoms with Crippen LogP contribution in [0.2, 0.25) is 5.02 Å². The van der Waals surface area contributed by atoms with Crippen LogP contribution >= 0.6 is 11.6 Å². The van der Waals surface area contributed by atoms with E-state index in [1.807, 2.05) is 42.5 Å². The largest absolute Gasteiger partial charge is 0.493 e. The number of piperidine rings is 1. The van der Waals surface area contributed by atoms with Crippen LogP contribution in [0.3, 0.4) is 0 Å². The van der Waals surface area contributed by atoms with Crippen molar-refractivity contribution in [3.63, 3.8) is 0 Å². The van der Waals surface area contributed by atoms with E-state index in [1.165, 1.54) is 18.4 Å². The molecule has 188 valence electrons. The highest BCUT2D eigenvalue weighted by Gasteiger charge is 2.35. The molecule has 0 aliphatic carbocycles. The number of carbonyl (C=O) groups is 1. The Morgan fingerprint density at radius 2 is 2.06 bits per heavy atom. The number of fused-ring (bicyclic) bond motifs is 3. The first-order valence-electron chi connectivity index (χ1n) is 12.6. The second-order valence-corrected chi connectivity index (χ2v) is 10.2. The van der Waals surface area contributed by atoms with Crippen molar-refractivity contribution in [3.8, 4) is 18.1 Å². The van der Waals surface area contributed by atoms with Gasteiger partial charge in [0.15, 0.2) is 0 Å². The van der Waals surface area contributed by atoms with Gasteiger partial charge in [0, 0.05) is 47.0 Å². The number of ether oxygens (including phenoxy) is 2. The van der Waals surface area contributed by atoms with Gasteiger partial charge < -0.3 is 19.4 Å². The average Bonchev–Trinajstić information content (AvgIpc) is 3.25. The first-order chi connectivity index (χ1) is 17.5. The molecule has 0 radical (unpaired) electrons. The molecule has 5 rings (SSSR count). The summed E-state index contributed by atoms with van der Waals surface area (Å²) >= 11 is 6.30. The Morgan fingerprint density at radius 3 is 2.83 bits per heavy atom. The first kappa shape index (κ1) is 24.5. The summed E-state index contributed by atoms with van der Waals surface area (Å²) in [7, 11) is 2.17. The lowest BCUT2D eigenvalue weighted by atomic mass is 9.92. The number of terminal acetylenes is 1. The van der Waals surface area contributed by atoms with Gasteiger partial charge in [-0.25, -0.2) is 4.79 Å². The minimum absolute atomic E-state index is 0.205. The van der Waals surface area contributed by atoms with Gasteiger partial charge in [-0.15, -0.1) is 12.3 Å². The second kappa shape index (κ2) is 10.9. The van der Waals surface area contributed by atoms with Crippen molar-refractivity contribution in [3.05, 3.63) is 64.3 Å². The minimum atomic E-state index is -0.362. The van der Waals surface area contributed by atoms with Crippen molar-refractivity contribution < 1.29 is 14.3 Å². The van der Waals surface area contributed by atoms with Crippen LogP contribution in [0, 0.1) is 18.3 Å². The summed E-state index contributed by atoms with van der Waals surface area (Å²) in [6.07, 6.45) is 8.51. The van der Waals surface area contributed by atoms with Crippen LogP contribution in [-0.4, -0.2) is 60.8 Å². The third-order valence-corrected chi connectivity index (χ3v) is 7.43. The summed E-state index contributed by atoms with van der Waals surface area (Å²) in [5.41, 5.74) is 4.18. The third-order valence-electron chi connectivity index (χ3n) is 7.20. The Morgan fingerprint density at radius 1 is 1.22 bits per heavy atom. The monoisotopic (exact) mass is 505 g/mol. The smallest absolute Gasteiger partial charge is 0.410 e. The fourth-order valence-electron chi connectivity index (χ4n) is 5.45. The maximum Gasteiger partial charge on any atom is 0.410 e. The number of nitrogens with zero attached hydrogens (tertiary/aromatic N) is 2. The van der Waals surface area contributed by atoms with E-state index >= 15 is 0 Å². The molecule has 6 nitrogen and oxygen atoms in total. The Bertz CT molecular complexity index is 1260. The van der Waals surface area contributed by atoms with E-state index in [0.29, 0.717) is 36.9 Å². The van der Waals surface area contributed by atoms with Crippen LogP contribution in [0.25, 0.3) is 10.9 Å². The third kappa shape index (κ3) is 5.18. The molecule has 2 aliphatic heterocycles. The second-order valence-electron chi connectivity index (χ2n) is 9.77. The number of likely N-dealkylation sites (tertiary alicyclic amines) is 1. The van der Waals surface area contributed by atoms with Gasteiger partial charge in [0.1, 0.15) is 18.4 Å².